The van der Waals surface area contributed by atoms with Crippen LogP contribution in [0.2, 0.25) is 0 Å². The molecule has 0 aliphatic heterocycles. The molecule has 0 spiro atoms. The number of nitrogens with one attached hydrogen (secondary N) is 3. The molecule has 1 amide bonds. The van der Waals surface area contributed by atoms with Crippen LogP contribution in [0.25, 0.3) is 10.9 Å². The number of thiocarbonyl (C=S) groups is 1. The van der Waals surface area contributed by atoms with Gasteiger partial charge in [-0.2, -0.15) is 0 Å². The Kier molecular flexibility index (Phi) is 5.66. The first-order valence-corrected chi connectivity index (χ1v) is 7.67. The molecule has 3 N–H and O–H groups in total. The molecule has 2 rings (SSSR count). The summed E-state index contributed by atoms with van der Waals surface area (Å²) in [6, 6.07) is 11.2. The van der Waals surface area contributed by atoms with E-state index in [9.17, 15) is 4.79 Å². The molecule has 1 aromatic heterocycles. The fraction of sp³-hybridized carbons (Fsp3) is 0.312. The van der Waals surface area contributed by atoms with Crippen LogP contribution in [0.1, 0.15) is 30.8 Å². The number of hydrogen-bond acceptors (Lipinski definition) is 3. The lowest BCUT2D eigenvalue weighted by Crippen LogP contribution is -2.47. The summed E-state index contributed by atoms with van der Waals surface area (Å²) in [5.74, 6) is 0.283. The van der Waals surface area contributed by atoms with Crippen molar-refractivity contribution >= 4 is 34.1 Å². The number of amides is 1. The summed E-state index contributed by atoms with van der Waals surface area (Å²) in [6.07, 6.45) is 1.02. The molecule has 5 nitrogen and oxygen atoms in total. The summed E-state index contributed by atoms with van der Waals surface area (Å²) in [4.78, 5) is 16.4. The van der Waals surface area contributed by atoms with Gasteiger partial charge in [0, 0.05) is 11.9 Å². The first kappa shape index (κ1) is 16.2. The first-order valence-electron chi connectivity index (χ1n) is 7.26. The monoisotopic (exact) mass is 316 g/mol. The summed E-state index contributed by atoms with van der Waals surface area (Å²) in [6.45, 7) is 5.06. The van der Waals surface area contributed by atoms with Crippen LogP contribution >= 0.6 is 12.2 Å². The predicted octanol–water partition coefficient (Wildman–Crippen LogP) is 2.39. The Hall–Kier alpha value is -2.21. The first-order chi connectivity index (χ1) is 10.6. The van der Waals surface area contributed by atoms with Gasteiger partial charge in [-0.1, -0.05) is 38.1 Å². The molecule has 1 heterocycles. The lowest BCUT2D eigenvalue weighted by atomic mass is 10.1. The second kappa shape index (κ2) is 7.70. The van der Waals surface area contributed by atoms with Gasteiger partial charge in [0.05, 0.1) is 5.52 Å². The number of aromatic nitrogens is 1. The number of rotatable bonds is 4. The van der Waals surface area contributed by atoms with E-state index in [0.717, 1.165) is 23.9 Å². The van der Waals surface area contributed by atoms with Gasteiger partial charge >= 0.3 is 0 Å². The van der Waals surface area contributed by atoms with Gasteiger partial charge in [0.15, 0.2) is 5.11 Å². The molecule has 0 aliphatic carbocycles. The molecule has 22 heavy (non-hydrogen) atoms. The highest BCUT2D eigenvalue weighted by atomic mass is 32.1. The normalized spacial score (nSPS) is 10.5. The minimum atomic E-state index is -0.321. The molecule has 0 saturated carbocycles. The van der Waals surface area contributed by atoms with Crippen molar-refractivity contribution in [1.82, 2.24) is 21.2 Å². The molecule has 0 aliphatic rings. The van der Waals surface area contributed by atoms with Crippen molar-refractivity contribution in [2.24, 2.45) is 5.92 Å². The Bertz CT molecular complexity index is 672. The third-order valence-corrected chi connectivity index (χ3v) is 3.37. The van der Waals surface area contributed by atoms with E-state index < -0.39 is 0 Å². The molecular formula is C16H20N4OS. The van der Waals surface area contributed by atoms with Crippen LogP contribution in [0.15, 0.2) is 36.4 Å². The minimum absolute atomic E-state index is 0.321. The molecule has 0 bridgehead atoms. The molecule has 0 unspecified atom stereocenters. The fourth-order valence-corrected chi connectivity index (χ4v) is 2.04. The van der Waals surface area contributed by atoms with Crippen molar-refractivity contribution in [3.05, 3.63) is 42.1 Å². The third-order valence-electron chi connectivity index (χ3n) is 3.13. The lowest BCUT2D eigenvalue weighted by Gasteiger charge is -2.12. The Morgan fingerprint density at radius 2 is 1.95 bits per heavy atom. The summed E-state index contributed by atoms with van der Waals surface area (Å²) in [7, 11) is 0. The van der Waals surface area contributed by atoms with Gasteiger partial charge in [-0.15, -0.1) is 0 Å². The van der Waals surface area contributed by atoms with E-state index in [1.165, 1.54) is 0 Å². The third kappa shape index (κ3) is 4.66. The highest BCUT2D eigenvalue weighted by Crippen LogP contribution is 2.11. The van der Waals surface area contributed by atoms with Crippen molar-refractivity contribution in [3.8, 4) is 0 Å². The molecule has 0 saturated heterocycles. The number of nitrogens with zero attached hydrogens (tertiary/aromatic N) is 1. The van der Waals surface area contributed by atoms with Crippen LogP contribution in [0.4, 0.5) is 0 Å². The molecule has 0 atom stereocenters. The fourth-order valence-electron chi connectivity index (χ4n) is 1.89. The van der Waals surface area contributed by atoms with Crippen LogP contribution in [0, 0.1) is 5.92 Å². The molecule has 1 aromatic carbocycles. The number of carbonyl (C=O) groups excluding carboxylic acids is 1. The molecular weight excluding hydrogens is 296 g/mol. The van der Waals surface area contributed by atoms with Gasteiger partial charge in [-0.25, -0.2) is 4.98 Å². The molecule has 0 fully saturated rings. The summed E-state index contributed by atoms with van der Waals surface area (Å²) >= 11 is 5.09. The van der Waals surface area contributed by atoms with Crippen LogP contribution in [0.3, 0.4) is 0 Å². The van der Waals surface area contributed by atoms with Crippen LogP contribution in [-0.4, -0.2) is 22.5 Å². The van der Waals surface area contributed by atoms with Crippen molar-refractivity contribution in [3.63, 3.8) is 0 Å². The second-order valence-corrected chi connectivity index (χ2v) is 5.81. The maximum absolute atomic E-state index is 12.1. The predicted molar refractivity (Wildman–Crippen MR) is 92.4 cm³/mol. The SMILES string of the molecule is CC(C)CCNC(=S)NNC(=O)c1ccc2ccccc2n1. The van der Waals surface area contributed by atoms with Gasteiger partial charge in [0.2, 0.25) is 0 Å². The molecule has 6 heteroatoms. The minimum Gasteiger partial charge on any atom is -0.361 e. The number of pyridine rings is 1. The lowest BCUT2D eigenvalue weighted by molar-refractivity contribution is 0.0939. The van der Waals surface area contributed by atoms with E-state index in [2.05, 4.69) is 35.0 Å². The highest BCUT2D eigenvalue weighted by molar-refractivity contribution is 7.80. The Morgan fingerprint density at radius 3 is 2.73 bits per heavy atom. The molecule has 2 aromatic rings. The maximum Gasteiger partial charge on any atom is 0.288 e. The second-order valence-electron chi connectivity index (χ2n) is 5.41. The van der Waals surface area contributed by atoms with E-state index in [1.807, 2.05) is 30.3 Å². The summed E-state index contributed by atoms with van der Waals surface area (Å²) in [5.41, 5.74) is 6.36. The smallest absolute Gasteiger partial charge is 0.288 e. The zero-order valence-corrected chi connectivity index (χ0v) is 13.5. The Morgan fingerprint density at radius 1 is 1.18 bits per heavy atom. The zero-order chi connectivity index (χ0) is 15.9. The van der Waals surface area contributed by atoms with Gasteiger partial charge in [0.1, 0.15) is 5.69 Å². The highest BCUT2D eigenvalue weighted by Gasteiger charge is 2.08. The number of hydrogen-bond donors (Lipinski definition) is 3. The van der Waals surface area contributed by atoms with Gasteiger partial charge in [-0.3, -0.25) is 15.6 Å². The van der Waals surface area contributed by atoms with Gasteiger partial charge in [0.25, 0.3) is 5.91 Å². The van der Waals surface area contributed by atoms with Crippen molar-refractivity contribution in [2.75, 3.05) is 6.54 Å². The van der Waals surface area contributed by atoms with E-state index in [-0.39, 0.29) is 5.91 Å². The largest absolute Gasteiger partial charge is 0.361 e. The standard InChI is InChI=1S/C16H20N4OS/c1-11(2)9-10-17-16(22)20-19-15(21)14-8-7-12-5-3-4-6-13(12)18-14/h3-8,11H,9-10H2,1-2H3,(H,19,21)(H2,17,20,22). The number of para-hydroxylation sites is 1. The van der Waals surface area contributed by atoms with Crippen molar-refractivity contribution < 1.29 is 4.79 Å². The Labute approximate surface area is 135 Å². The number of benzene rings is 1. The number of hydrazine groups is 1. The average molecular weight is 316 g/mol. The van der Waals surface area contributed by atoms with Crippen molar-refractivity contribution in [1.29, 1.82) is 0 Å². The summed E-state index contributed by atoms with van der Waals surface area (Å²) < 4.78 is 0. The molecule has 116 valence electrons. The quantitative estimate of drug-likeness (QED) is 0.597. The maximum atomic E-state index is 12.1. The zero-order valence-electron chi connectivity index (χ0n) is 12.7. The van der Waals surface area contributed by atoms with E-state index in [1.54, 1.807) is 6.07 Å². The van der Waals surface area contributed by atoms with Crippen LogP contribution in [0.5, 0.6) is 0 Å². The molecule has 0 radical (unpaired) electrons. The van der Waals surface area contributed by atoms with Crippen LogP contribution < -0.4 is 16.2 Å². The van der Waals surface area contributed by atoms with Gasteiger partial charge in [-0.05, 0) is 36.7 Å². The van der Waals surface area contributed by atoms with E-state index in [0.29, 0.717) is 16.7 Å². The number of fused-ring (bicyclic) bond motifs is 1. The topological polar surface area (TPSA) is 66.0 Å². The van der Waals surface area contributed by atoms with Crippen molar-refractivity contribution in [2.45, 2.75) is 20.3 Å². The average Bonchev–Trinajstić information content (AvgIpc) is 2.51. The van der Waals surface area contributed by atoms with E-state index in [4.69, 9.17) is 12.2 Å². The van der Waals surface area contributed by atoms with Gasteiger partial charge < -0.3 is 5.32 Å². The van der Waals surface area contributed by atoms with Crippen LogP contribution in [-0.2, 0) is 0 Å². The Balaban J connectivity index is 1.87. The summed E-state index contributed by atoms with van der Waals surface area (Å²) in [5, 5.41) is 4.43. The van der Waals surface area contributed by atoms with E-state index >= 15 is 0 Å². The number of carbonyl (C=O) groups is 1.